The number of benzene rings is 1. The van der Waals surface area contributed by atoms with E-state index in [4.69, 9.17) is 11.0 Å². The van der Waals surface area contributed by atoms with Crippen molar-refractivity contribution < 1.29 is 18.0 Å². The predicted molar refractivity (Wildman–Crippen MR) is 77.1 cm³/mol. The van der Waals surface area contributed by atoms with E-state index in [1.165, 1.54) is 13.1 Å². The highest BCUT2D eigenvalue weighted by molar-refractivity contribution is 8.00. The van der Waals surface area contributed by atoms with Gasteiger partial charge < -0.3 is 5.73 Å². The normalized spacial score (nSPS) is 11.8. The molecule has 1 aromatic carbocycles. The van der Waals surface area contributed by atoms with Crippen molar-refractivity contribution in [2.24, 2.45) is 0 Å². The first-order valence-electron chi connectivity index (χ1n) is 6.21. The van der Waals surface area contributed by atoms with Crippen LogP contribution in [0.4, 0.5) is 19.0 Å². The van der Waals surface area contributed by atoms with E-state index in [2.05, 4.69) is 9.97 Å². The summed E-state index contributed by atoms with van der Waals surface area (Å²) in [5, 5.41) is 7.85. The average Bonchev–Trinajstić information content (AvgIpc) is 2.46. The Bertz CT molecular complexity index is 799. The monoisotopic (exact) mass is 338 g/mol. The summed E-state index contributed by atoms with van der Waals surface area (Å²) < 4.78 is 40.1. The fourth-order valence-corrected chi connectivity index (χ4v) is 2.52. The molecule has 23 heavy (non-hydrogen) atoms. The number of hydrogen-bond acceptors (Lipinski definition) is 6. The highest BCUT2D eigenvalue weighted by atomic mass is 32.2. The number of anilines is 1. The van der Waals surface area contributed by atoms with Gasteiger partial charge in [-0.05, 0) is 6.92 Å². The number of halogens is 3. The van der Waals surface area contributed by atoms with E-state index in [0.29, 0.717) is 12.1 Å². The number of rotatable bonds is 4. The number of nitrogens with zero attached hydrogens (tertiary/aromatic N) is 3. The zero-order valence-electron chi connectivity index (χ0n) is 11.7. The van der Waals surface area contributed by atoms with Gasteiger partial charge in [0.1, 0.15) is 34.9 Å². The van der Waals surface area contributed by atoms with Crippen molar-refractivity contribution in [2.75, 3.05) is 5.73 Å². The molecule has 0 fully saturated rings. The molecule has 0 amide bonds. The topological polar surface area (TPSA) is 92.7 Å². The van der Waals surface area contributed by atoms with Crippen LogP contribution in [0.1, 0.15) is 22.8 Å². The Kier molecular flexibility index (Phi) is 4.86. The number of Topliss-reactive ketones (excluding diaryl/α,β-unsaturated/α-hetero) is 1. The third-order valence-electron chi connectivity index (χ3n) is 2.82. The molecule has 118 valence electrons. The molecule has 1 atom stereocenters. The summed E-state index contributed by atoms with van der Waals surface area (Å²) in [4.78, 5) is 19.8. The first-order chi connectivity index (χ1) is 10.8. The van der Waals surface area contributed by atoms with E-state index in [1.807, 2.05) is 0 Å². The first kappa shape index (κ1) is 16.8. The lowest BCUT2D eigenvalue weighted by molar-refractivity contribution is 0.0985. The SMILES string of the molecule is C[C@@H](Sc1ncc(C#N)c(N)n1)C(=O)c1c(F)cc(F)cc1F. The lowest BCUT2D eigenvalue weighted by Crippen LogP contribution is -2.18. The molecule has 0 aliphatic carbocycles. The van der Waals surface area contributed by atoms with E-state index >= 15 is 0 Å². The van der Waals surface area contributed by atoms with Gasteiger partial charge in [0, 0.05) is 12.1 Å². The highest BCUT2D eigenvalue weighted by Gasteiger charge is 2.25. The molecule has 5 nitrogen and oxygen atoms in total. The molecule has 0 bridgehead atoms. The second-order valence-electron chi connectivity index (χ2n) is 4.43. The van der Waals surface area contributed by atoms with Crippen molar-refractivity contribution in [3.8, 4) is 6.07 Å². The van der Waals surface area contributed by atoms with Gasteiger partial charge in [-0.1, -0.05) is 11.8 Å². The number of carbonyl (C=O) groups excluding carboxylic acids is 1. The number of aromatic nitrogens is 2. The largest absolute Gasteiger partial charge is 0.382 e. The summed E-state index contributed by atoms with van der Waals surface area (Å²) in [6.07, 6.45) is 1.18. The van der Waals surface area contributed by atoms with Gasteiger partial charge in [-0.2, -0.15) is 5.26 Å². The maximum Gasteiger partial charge on any atom is 0.190 e. The van der Waals surface area contributed by atoms with Gasteiger partial charge in [0.2, 0.25) is 0 Å². The average molecular weight is 338 g/mol. The third kappa shape index (κ3) is 3.60. The van der Waals surface area contributed by atoms with Crippen molar-refractivity contribution in [3.05, 3.63) is 46.9 Å². The van der Waals surface area contributed by atoms with Crippen LogP contribution in [-0.4, -0.2) is 21.0 Å². The van der Waals surface area contributed by atoms with Gasteiger partial charge in [-0.3, -0.25) is 4.79 Å². The number of thioether (sulfide) groups is 1. The van der Waals surface area contributed by atoms with E-state index in [-0.39, 0.29) is 16.5 Å². The van der Waals surface area contributed by atoms with Gasteiger partial charge in [0.15, 0.2) is 10.9 Å². The minimum Gasteiger partial charge on any atom is -0.382 e. The van der Waals surface area contributed by atoms with Crippen LogP contribution in [0.5, 0.6) is 0 Å². The Morgan fingerprint density at radius 1 is 1.35 bits per heavy atom. The summed E-state index contributed by atoms with van der Waals surface area (Å²) in [5.74, 6) is -4.61. The predicted octanol–water partition coefficient (Wildman–Crippen LogP) is 2.71. The highest BCUT2D eigenvalue weighted by Crippen LogP contribution is 2.26. The van der Waals surface area contributed by atoms with Crippen LogP contribution in [0.2, 0.25) is 0 Å². The van der Waals surface area contributed by atoms with E-state index in [1.54, 1.807) is 6.07 Å². The molecule has 1 heterocycles. The second kappa shape index (κ2) is 6.66. The molecule has 2 N–H and O–H groups in total. The van der Waals surface area contributed by atoms with Gasteiger partial charge in [0.25, 0.3) is 0 Å². The fraction of sp³-hybridized carbons (Fsp3) is 0.143. The molecule has 0 spiro atoms. The number of ketones is 1. The third-order valence-corrected chi connectivity index (χ3v) is 3.80. The van der Waals surface area contributed by atoms with E-state index in [0.717, 1.165) is 11.8 Å². The van der Waals surface area contributed by atoms with Crippen LogP contribution in [-0.2, 0) is 0 Å². The maximum atomic E-state index is 13.6. The number of nitrogens with two attached hydrogens (primary N) is 1. The maximum absolute atomic E-state index is 13.6. The molecule has 0 aliphatic rings. The lowest BCUT2D eigenvalue weighted by atomic mass is 10.1. The van der Waals surface area contributed by atoms with Crippen LogP contribution >= 0.6 is 11.8 Å². The van der Waals surface area contributed by atoms with Crippen molar-refractivity contribution >= 4 is 23.4 Å². The van der Waals surface area contributed by atoms with Gasteiger partial charge in [-0.15, -0.1) is 0 Å². The summed E-state index contributed by atoms with van der Waals surface area (Å²) in [5.41, 5.74) is 4.77. The van der Waals surface area contributed by atoms with E-state index in [9.17, 15) is 18.0 Å². The fourth-order valence-electron chi connectivity index (χ4n) is 1.71. The number of nitrogen functional groups attached to an aromatic ring is 1. The molecule has 0 radical (unpaired) electrons. The molecule has 2 aromatic rings. The first-order valence-corrected chi connectivity index (χ1v) is 7.09. The molecule has 0 aliphatic heterocycles. The summed E-state index contributed by atoms with van der Waals surface area (Å²) in [6, 6.07) is 2.65. The Hall–Kier alpha value is -2.60. The van der Waals surface area contributed by atoms with Crippen LogP contribution in [0.25, 0.3) is 0 Å². The molecule has 9 heteroatoms. The van der Waals surface area contributed by atoms with Gasteiger partial charge in [-0.25, -0.2) is 23.1 Å². The van der Waals surface area contributed by atoms with Crippen LogP contribution in [0.3, 0.4) is 0 Å². The number of carbonyl (C=O) groups is 1. The lowest BCUT2D eigenvalue weighted by Gasteiger charge is -2.11. The summed E-state index contributed by atoms with van der Waals surface area (Å²) in [6.45, 7) is 1.40. The Morgan fingerprint density at radius 3 is 2.48 bits per heavy atom. The molecular formula is C14H9F3N4OS. The van der Waals surface area contributed by atoms with E-state index < -0.39 is 34.0 Å². The molecule has 0 unspecified atom stereocenters. The van der Waals surface area contributed by atoms with Gasteiger partial charge >= 0.3 is 0 Å². The minimum absolute atomic E-state index is 0.0659. The number of hydrogen-bond donors (Lipinski definition) is 1. The zero-order valence-corrected chi connectivity index (χ0v) is 12.5. The van der Waals surface area contributed by atoms with Crippen molar-refractivity contribution in [3.63, 3.8) is 0 Å². The Balaban J connectivity index is 2.24. The smallest absolute Gasteiger partial charge is 0.190 e. The van der Waals surface area contributed by atoms with Crippen molar-refractivity contribution in [1.29, 1.82) is 5.26 Å². The second-order valence-corrected chi connectivity index (χ2v) is 5.74. The van der Waals surface area contributed by atoms with Crippen LogP contribution in [0, 0.1) is 28.8 Å². The Morgan fingerprint density at radius 2 is 1.96 bits per heavy atom. The minimum atomic E-state index is -1.28. The molecular weight excluding hydrogens is 329 g/mol. The van der Waals surface area contributed by atoms with Gasteiger partial charge in [0.05, 0.1) is 17.0 Å². The van der Waals surface area contributed by atoms with Crippen LogP contribution < -0.4 is 5.73 Å². The van der Waals surface area contributed by atoms with Crippen molar-refractivity contribution in [1.82, 2.24) is 9.97 Å². The quantitative estimate of drug-likeness (QED) is 0.523. The van der Waals surface area contributed by atoms with Crippen molar-refractivity contribution in [2.45, 2.75) is 17.3 Å². The molecule has 2 rings (SSSR count). The molecule has 0 saturated heterocycles. The van der Waals surface area contributed by atoms with Crippen LogP contribution in [0.15, 0.2) is 23.5 Å². The molecule has 1 aromatic heterocycles. The molecule has 0 saturated carbocycles. The summed E-state index contributed by atoms with van der Waals surface area (Å²) >= 11 is 0.813. The Labute approximate surface area is 133 Å². The number of nitriles is 1. The zero-order chi connectivity index (χ0) is 17.1. The standard InChI is InChI=1S/C14H9F3N4OS/c1-6(23-14-20-5-7(4-18)13(19)21-14)12(22)11-9(16)2-8(15)3-10(11)17/h2-3,5-6H,1H3,(H2,19,20,21)/t6-/m1/s1. The summed E-state index contributed by atoms with van der Waals surface area (Å²) in [7, 11) is 0.